The van der Waals surface area contributed by atoms with Gasteiger partial charge in [-0.1, -0.05) is 12.1 Å². The molecular weight excluding hydrogens is 416 g/mol. The van der Waals surface area contributed by atoms with Crippen LogP contribution in [0.5, 0.6) is 0 Å². The molecule has 1 saturated heterocycles. The van der Waals surface area contributed by atoms with E-state index in [9.17, 15) is 4.79 Å². The van der Waals surface area contributed by atoms with Crippen LogP contribution < -0.4 is 5.32 Å². The maximum Gasteiger partial charge on any atom is 0.254 e. The normalized spacial score (nSPS) is 14.1. The summed E-state index contributed by atoms with van der Waals surface area (Å²) < 4.78 is 7.30. The predicted octanol–water partition coefficient (Wildman–Crippen LogP) is 4.09. The van der Waals surface area contributed by atoms with Crippen LogP contribution >= 0.6 is 0 Å². The summed E-state index contributed by atoms with van der Waals surface area (Å²) >= 11 is 0. The number of rotatable bonds is 4. The van der Waals surface area contributed by atoms with Crippen molar-refractivity contribution < 1.29 is 9.53 Å². The molecular formula is C25H22N6O2. The van der Waals surface area contributed by atoms with E-state index in [1.54, 1.807) is 6.20 Å². The van der Waals surface area contributed by atoms with Gasteiger partial charge in [0.25, 0.3) is 5.91 Å². The predicted molar refractivity (Wildman–Crippen MR) is 127 cm³/mol. The van der Waals surface area contributed by atoms with Crippen LogP contribution in [0.4, 0.5) is 11.5 Å². The highest BCUT2D eigenvalue weighted by Gasteiger charge is 2.18. The lowest BCUT2D eigenvalue weighted by molar-refractivity contribution is 0.0303. The maximum atomic E-state index is 12.7. The lowest BCUT2D eigenvalue weighted by atomic mass is 10.1. The minimum Gasteiger partial charge on any atom is -0.378 e. The van der Waals surface area contributed by atoms with Crippen molar-refractivity contribution in [2.45, 2.75) is 0 Å². The molecule has 1 aliphatic heterocycles. The topological polar surface area (TPSA) is 87.5 Å². The second-order valence-corrected chi connectivity index (χ2v) is 7.98. The fourth-order valence-electron chi connectivity index (χ4n) is 4.24. The first-order chi connectivity index (χ1) is 16.3. The molecule has 0 saturated carbocycles. The summed E-state index contributed by atoms with van der Waals surface area (Å²) in [6, 6.07) is 15.7. The molecule has 1 aliphatic rings. The fraction of sp³-hybridized carbons (Fsp3) is 0.160. The summed E-state index contributed by atoms with van der Waals surface area (Å²) in [5.74, 6) is 0.678. The van der Waals surface area contributed by atoms with Gasteiger partial charge in [0.1, 0.15) is 0 Å². The number of imidazole rings is 1. The van der Waals surface area contributed by atoms with Crippen molar-refractivity contribution in [2.24, 2.45) is 0 Å². The van der Waals surface area contributed by atoms with Crippen molar-refractivity contribution >= 4 is 34.0 Å². The zero-order valence-electron chi connectivity index (χ0n) is 17.9. The van der Waals surface area contributed by atoms with Gasteiger partial charge in [0.2, 0.25) is 0 Å². The van der Waals surface area contributed by atoms with Gasteiger partial charge in [-0.05, 0) is 36.4 Å². The molecule has 2 N–H and O–H groups in total. The number of amides is 1. The highest BCUT2D eigenvalue weighted by atomic mass is 16.5. The van der Waals surface area contributed by atoms with Crippen LogP contribution in [0.1, 0.15) is 10.4 Å². The Bertz CT molecular complexity index is 1450. The van der Waals surface area contributed by atoms with Gasteiger partial charge in [0.05, 0.1) is 18.9 Å². The van der Waals surface area contributed by atoms with Gasteiger partial charge in [0.15, 0.2) is 11.5 Å². The number of carbonyl (C=O) groups excluding carboxylic acids is 1. The molecule has 8 heteroatoms. The number of ether oxygens (including phenoxy) is 1. The Balaban J connectivity index is 1.32. The second kappa shape index (κ2) is 8.07. The summed E-state index contributed by atoms with van der Waals surface area (Å²) in [6.45, 7) is 2.43. The number of aromatic amines is 1. The second-order valence-electron chi connectivity index (χ2n) is 7.98. The number of H-pyrrole nitrogens is 1. The van der Waals surface area contributed by atoms with E-state index in [2.05, 4.69) is 27.4 Å². The SMILES string of the molecule is O=C(c1ccc(Nc2nc(-c3cccc4[nH]ccc34)cn3ccnc23)cc1)N1CCOCC1. The Hall–Kier alpha value is -4.17. The highest BCUT2D eigenvalue weighted by molar-refractivity contribution is 5.95. The molecule has 6 rings (SSSR count). The number of morpholine rings is 1. The van der Waals surface area contributed by atoms with Gasteiger partial charge in [-0.25, -0.2) is 9.97 Å². The zero-order valence-corrected chi connectivity index (χ0v) is 17.9. The van der Waals surface area contributed by atoms with Crippen molar-refractivity contribution in [3.63, 3.8) is 0 Å². The van der Waals surface area contributed by atoms with E-state index in [1.165, 1.54) is 0 Å². The lowest BCUT2D eigenvalue weighted by Gasteiger charge is -2.26. The molecule has 3 aromatic heterocycles. The molecule has 1 fully saturated rings. The fourth-order valence-corrected chi connectivity index (χ4v) is 4.24. The van der Waals surface area contributed by atoms with E-state index >= 15 is 0 Å². The van der Waals surface area contributed by atoms with Crippen LogP contribution in [-0.4, -0.2) is 56.5 Å². The third-order valence-electron chi connectivity index (χ3n) is 5.94. The molecule has 0 bridgehead atoms. The molecule has 5 aromatic rings. The molecule has 0 aliphatic carbocycles. The Kier molecular flexibility index (Phi) is 4.77. The van der Waals surface area contributed by atoms with Crippen LogP contribution in [0.2, 0.25) is 0 Å². The lowest BCUT2D eigenvalue weighted by Crippen LogP contribution is -2.40. The molecule has 0 radical (unpaired) electrons. The highest BCUT2D eigenvalue weighted by Crippen LogP contribution is 2.29. The summed E-state index contributed by atoms with van der Waals surface area (Å²) in [4.78, 5) is 27.2. The standard InChI is InChI=1S/C25H22N6O2/c32-25(30-12-14-33-15-13-30)17-4-6-18(7-5-17)28-23-24-27-10-11-31(24)16-22(29-23)19-2-1-3-21-20(19)8-9-26-21/h1-11,16,26H,12-15H2,(H,28,29). The number of fused-ring (bicyclic) bond motifs is 2. The van der Waals surface area contributed by atoms with Crippen molar-refractivity contribution in [3.05, 3.63) is 78.9 Å². The average Bonchev–Trinajstić information content (AvgIpc) is 3.54. The van der Waals surface area contributed by atoms with Gasteiger partial charge < -0.3 is 24.3 Å². The summed E-state index contributed by atoms with van der Waals surface area (Å²) in [5.41, 5.74) is 5.17. The van der Waals surface area contributed by atoms with Gasteiger partial charge in [-0.2, -0.15) is 0 Å². The van der Waals surface area contributed by atoms with Crippen LogP contribution in [-0.2, 0) is 4.74 Å². The van der Waals surface area contributed by atoms with E-state index in [4.69, 9.17) is 9.72 Å². The van der Waals surface area contributed by atoms with Gasteiger partial charge in [-0.15, -0.1) is 0 Å². The molecule has 33 heavy (non-hydrogen) atoms. The number of aromatic nitrogens is 4. The Morgan fingerprint density at radius 1 is 1.06 bits per heavy atom. The van der Waals surface area contributed by atoms with Gasteiger partial charge >= 0.3 is 0 Å². The monoisotopic (exact) mass is 438 g/mol. The molecule has 0 atom stereocenters. The van der Waals surface area contributed by atoms with Crippen molar-refractivity contribution in [3.8, 4) is 11.3 Å². The van der Waals surface area contributed by atoms with Gasteiger partial charge in [0, 0.05) is 65.6 Å². The van der Waals surface area contributed by atoms with E-state index in [1.807, 2.05) is 64.3 Å². The quantitative estimate of drug-likeness (QED) is 0.441. The van der Waals surface area contributed by atoms with Gasteiger partial charge in [-0.3, -0.25) is 4.79 Å². The van der Waals surface area contributed by atoms with E-state index in [0.717, 1.165) is 33.5 Å². The molecule has 2 aromatic carbocycles. The number of nitrogens with one attached hydrogen (secondary N) is 2. The number of hydrogen-bond donors (Lipinski definition) is 2. The summed E-state index contributed by atoms with van der Waals surface area (Å²) in [7, 11) is 0. The first-order valence-corrected chi connectivity index (χ1v) is 10.9. The number of hydrogen-bond acceptors (Lipinski definition) is 5. The van der Waals surface area contributed by atoms with Crippen LogP contribution in [0, 0.1) is 0 Å². The number of benzene rings is 2. The average molecular weight is 438 g/mol. The van der Waals surface area contributed by atoms with E-state index in [-0.39, 0.29) is 5.91 Å². The molecule has 1 amide bonds. The molecule has 4 heterocycles. The largest absolute Gasteiger partial charge is 0.378 e. The number of anilines is 2. The number of carbonyl (C=O) groups is 1. The third kappa shape index (κ3) is 3.60. The van der Waals surface area contributed by atoms with E-state index < -0.39 is 0 Å². The third-order valence-corrected chi connectivity index (χ3v) is 5.94. The minimum atomic E-state index is 0.0280. The smallest absolute Gasteiger partial charge is 0.254 e. The van der Waals surface area contributed by atoms with Crippen LogP contribution in [0.25, 0.3) is 27.8 Å². The number of nitrogens with zero attached hydrogens (tertiary/aromatic N) is 4. The van der Waals surface area contributed by atoms with Crippen molar-refractivity contribution in [2.75, 3.05) is 31.6 Å². The molecule has 0 spiro atoms. The first kappa shape index (κ1) is 19.5. The molecule has 0 unspecified atom stereocenters. The minimum absolute atomic E-state index is 0.0280. The maximum absolute atomic E-state index is 12.7. The molecule has 164 valence electrons. The van der Waals surface area contributed by atoms with Crippen LogP contribution in [0.3, 0.4) is 0 Å². The molecule has 8 nitrogen and oxygen atoms in total. The zero-order chi connectivity index (χ0) is 22.2. The van der Waals surface area contributed by atoms with Crippen LogP contribution in [0.15, 0.2) is 73.3 Å². The Labute approximate surface area is 189 Å². The summed E-state index contributed by atoms with van der Waals surface area (Å²) in [5, 5.41) is 4.50. The summed E-state index contributed by atoms with van der Waals surface area (Å²) in [6.07, 6.45) is 7.59. The Morgan fingerprint density at radius 3 is 2.76 bits per heavy atom. The van der Waals surface area contributed by atoms with E-state index in [0.29, 0.717) is 37.7 Å². The first-order valence-electron chi connectivity index (χ1n) is 10.9. The Morgan fingerprint density at radius 2 is 1.91 bits per heavy atom. The van der Waals surface area contributed by atoms with Crippen molar-refractivity contribution in [1.82, 2.24) is 24.3 Å². The van der Waals surface area contributed by atoms with Crippen molar-refractivity contribution in [1.29, 1.82) is 0 Å².